The normalized spacial score (nSPS) is 14.1. The van der Waals surface area contributed by atoms with Crippen LogP contribution in [0.4, 0.5) is 5.82 Å². The Balaban J connectivity index is 2.02. The van der Waals surface area contributed by atoms with Crippen LogP contribution >= 0.6 is 0 Å². The Hall–Kier alpha value is -1.98. The van der Waals surface area contributed by atoms with Crippen LogP contribution in [0.5, 0.6) is 0 Å². The van der Waals surface area contributed by atoms with Crippen molar-refractivity contribution in [2.75, 3.05) is 12.0 Å². The first kappa shape index (κ1) is 14.0. The Kier molecular flexibility index (Phi) is 3.86. The molecule has 1 aromatic heterocycles. The highest BCUT2D eigenvalue weighted by molar-refractivity contribution is 5.60. The van der Waals surface area contributed by atoms with Gasteiger partial charge in [0.15, 0.2) is 5.82 Å². The number of hydrogen-bond donors (Lipinski definition) is 2. The van der Waals surface area contributed by atoms with Gasteiger partial charge in [-0.15, -0.1) is 0 Å². The highest BCUT2D eigenvalue weighted by atomic mass is 16.5. The van der Waals surface area contributed by atoms with Crippen LogP contribution in [0.2, 0.25) is 0 Å². The lowest BCUT2D eigenvalue weighted by Crippen LogP contribution is -2.19. The number of hydrazine groups is 1. The maximum atomic E-state index is 5.59. The summed E-state index contributed by atoms with van der Waals surface area (Å²) < 4.78 is 5.45. The summed E-state index contributed by atoms with van der Waals surface area (Å²) in [6.07, 6.45) is 0.795. The Morgan fingerprint density at radius 3 is 2.62 bits per heavy atom. The van der Waals surface area contributed by atoms with Gasteiger partial charge in [-0.1, -0.05) is 38.1 Å². The van der Waals surface area contributed by atoms with E-state index < -0.39 is 0 Å². The molecular weight excluding hydrogens is 264 g/mol. The number of nitrogens with two attached hydrogens (primary N) is 1. The molecule has 0 saturated heterocycles. The molecule has 3 N–H and O–H groups in total. The summed E-state index contributed by atoms with van der Waals surface area (Å²) in [7, 11) is 0. The highest BCUT2D eigenvalue weighted by Gasteiger charge is 2.18. The molecule has 1 aliphatic heterocycles. The second-order valence-electron chi connectivity index (χ2n) is 5.54. The predicted octanol–water partition coefficient (Wildman–Crippen LogP) is 2.63. The lowest BCUT2D eigenvalue weighted by Gasteiger charge is -2.19. The summed E-state index contributed by atoms with van der Waals surface area (Å²) in [5.41, 5.74) is 6.96. The summed E-state index contributed by atoms with van der Waals surface area (Å²) in [6, 6.07) is 8.39. The fourth-order valence-electron chi connectivity index (χ4n) is 2.50. The first-order valence-corrected chi connectivity index (χ1v) is 7.23. The standard InChI is InChI=1S/C16H20N4O/c1-10(2)11-3-5-12(6-4-11)15-18-14-7-8-21-9-13(14)16(19-15)20-17/h3-6,10H,7-9,17H2,1-2H3,(H,18,19,20). The number of benzene rings is 1. The van der Waals surface area contributed by atoms with Gasteiger partial charge in [-0.05, 0) is 11.5 Å². The SMILES string of the molecule is CC(C)c1ccc(-c2nc3c(c(NN)n2)COCC3)cc1. The molecule has 21 heavy (non-hydrogen) atoms. The molecule has 1 aliphatic rings. The Labute approximate surface area is 124 Å². The van der Waals surface area contributed by atoms with E-state index in [2.05, 4.69) is 53.5 Å². The van der Waals surface area contributed by atoms with E-state index in [-0.39, 0.29) is 0 Å². The first-order chi connectivity index (χ1) is 10.2. The van der Waals surface area contributed by atoms with Gasteiger partial charge >= 0.3 is 0 Å². The quantitative estimate of drug-likeness (QED) is 0.669. The largest absolute Gasteiger partial charge is 0.376 e. The molecule has 0 radical (unpaired) electrons. The molecule has 0 saturated carbocycles. The molecule has 2 heterocycles. The molecule has 0 fully saturated rings. The van der Waals surface area contributed by atoms with Crippen LogP contribution in [-0.4, -0.2) is 16.6 Å². The summed E-state index contributed by atoms with van der Waals surface area (Å²) in [5.74, 6) is 7.47. The lowest BCUT2D eigenvalue weighted by atomic mass is 10.0. The van der Waals surface area contributed by atoms with Gasteiger partial charge in [-0.3, -0.25) is 0 Å². The number of aromatic nitrogens is 2. The number of nitrogens with one attached hydrogen (secondary N) is 1. The Morgan fingerprint density at radius 2 is 1.95 bits per heavy atom. The number of fused-ring (bicyclic) bond motifs is 1. The Morgan fingerprint density at radius 1 is 1.19 bits per heavy atom. The fraction of sp³-hybridized carbons (Fsp3) is 0.375. The van der Waals surface area contributed by atoms with Gasteiger partial charge in [-0.25, -0.2) is 15.8 Å². The second kappa shape index (κ2) is 5.79. The van der Waals surface area contributed by atoms with Gasteiger partial charge in [0.2, 0.25) is 0 Å². The Bertz CT molecular complexity index is 620. The molecule has 0 amide bonds. The van der Waals surface area contributed by atoms with Crippen molar-refractivity contribution < 1.29 is 4.74 Å². The third kappa shape index (κ3) is 2.75. The number of hydrogen-bond acceptors (Lipinski definition) is 5. The smallest absolute Gasteiger partial charge is 0.161 e. The van der Waals surface area contributed by atoms with Gasteiger partial charge in [-0.2, -0.15) is 0 Å². The molecule has 0 spiro atoms. The average Bonchev–Trinajstić information content (AvgIpc) is 2.53. The zero-order valence-corrected chi connectivity index (χ0v) is 12.4. The van der Waals surface area contributed by atoms with Gasteiger partial charge < -0.3 is 10.2 Å². The van der Waals surface area contributed by atoms with Crippen molar-refractivity contribution in [1.29, 1.82) is 0 Å². The van der Waals surface area contributed by atoms with Crippen LogP contribution in [0.15, 0.2) is 24.3 Å². The molecule has 1 aromatic carbocycles. The van der Waals surface area contributed by atoms with Gasteiger partial charge in [0.25, 0.3) is 0 Å². The second-order valence-corrected chi connectivity index (χ2v) is 5.54. The molecule has 5 heteroatoms. The monoisotopic (exact) mass is 284 g/mol. The summed E-state index contributed by atoms with van der Waals surface area (Å²) in [4.78, 5) is 9.20. The molecule has 0 atom stereocenters. The van der Waals surface area contributed by atoms with Crippen LogP contribution in [0, 0.1) is 0 Å². The van der Waals surface area contributed by atoms with E-state index in [0.29, 0.717) is 30.8 Å². The maximum Gasteiger partial charge on any atom is 0.161 e. The van der Waals surface area contributed by atoms with E-state index in [4.69, 9.17) is 10.6 Å². The van der Waals surface area contributed by atoms with E-state index in [1.807, 2.05) is 0 Å². The highest BCUT2D eigenvalue weighted by Crippen LogP contribution is 2.26. The van der Waals surface area contributed by atoms with Crippen LogP contribution < -0.4 is 11.3 Å². The molecule has 5 nitrogen and oxygen atoms in total. The molecule has 0 unspecified atom stereocenters. The number of ether oxygens (including phenoxy) is 1. The zero-order valence-electron chi connectivity index (χ0n) is 12.4. The molecule has 110 valence electrons. The van der Waals surface area contributed by atoms with Crippen molar-refractivity contribution in [3.8, 4) is 11.4 Å². The molecule has 0 aliphatic carbocycles. The van der Waals surface area contributed by atoms with Gasteiger partial charge in [0, 0.05) is 17.5 Å². The van der Waals surface area contributed by atoms with Crippen LogP contribution in [0.1, 0.15) is 36.6 Å². The minimum absolute atomic E-state index is 0.515. The van der Waals surface area contributed by atoms with Crippen molar-refractivity contribution in [2.24, 2.45) is 5.84 Å². The summed E-state index contributed by atoms with van der Waals surface area (Å²) in [5, 5.41) is 0. The minimum atomic E-state index is 0.515. The fourth-order valence-corrected chi connectivity index (χ4v) is 2.50. The first-order valence-electron chi connectivity index (χ1n) is 7.23. The number of rotatable bonds is 3. The van der Waals surface area contributed by atoms with Crippen molar-refractivity contribution in [3.05, 3.63) is 41.1 Å². The van der Waals surface area contributed by atoms with Crippen molar-refractivity contribution in [1.82, 2.24) is 9.97 Å². The van der Waals surface area contributed by atoms with E-state index >= 15 is 0 Å². The molecule has 0 bridgehead atoms. The van der Waals surface area contributed by atoms with Gasteiger partial charge in [0.05, 0.1) is 18.9 Å². The van der Waals surface area contributed by atoms with E-state index in [1.165, 1.54) is 5.56 Å². The molecular formula is C16H20N4O. The third-order valence-electron chi connectivity index (χ3n) is 3.79. The maximum absolute atomic E-state index is 5.59. The number of nitrogens with zero attached hydrogens (tertiary/aromatic N) is 2. The molecule has 3 rings (SSSR count). The zero-order chi connectivity index (χ0) is 14.8. The molecule has 2 aromatic rings. The third-order valence-corrected chi connectivity index (χ3v) is 3.79. The number of anilines is 1. The van der Waals surface area contributed by atoms with Crippen LogP contribution in [0.25, 0.3) is 11.4 Å². The minimum Gasteiger partial charge on any atom is -0.376 e. The van der Waals surface area contributed by atoms with E-state index in [0.717, 1.165) is 23.2 Å². The lowest BCUT2D eigenvalue weighted by molar-refractivity contribution is 0.109. The van der Waals surface area contributed by atoms with Crippen LogP contribution in [0.3, 0.4) is 0 Å². The number of nitrogen functional groups attached to an aromatic ring is 1. The topological polar surface area (TPSA) is 73.1 Å². The van der Waals surface area contributed by atoms with Crippen molar-refractivity contribution >= 4 is 5.82 Å². The average molecular weight is 284 g/mol. The predicted molar refractivity (Wildman–Crippen MR) is 82.7 cm³/mol. The van der Waals surface area contributed by atoms with E-state index in [1.54, 1.807) is 0 Å². The summed E-state index contributed by atoms with van der Waals surface area (Å²) in [6.45, 7) is 5.57. The van der Waals surface area contributed by atoms with Crippen molar-refractivity contribution in [3.63, 3.8) is 0 Å². The van der Waals surface area contributed by atoms with Crippen LogP contribution in [-0.2, 0) is 17.8 Å². The van der Waals surface area contributed by atoms with Crippen molar-refractivity contribution in [2.45, 2.75) is 32.8 Å². The van der Waals surface area contributed by atoms with Gasteiger partial charge in [0.1, 0.15) is 5.82 Å². The summed E-state index contributed by atoms with van der Waals surface area (Å²) >= 11 is 0. The van der Waals surface area contributed by atoms with E-state index in [9.17, 15) is 0 Å².